The lowest BCUT2D eigenvalue weighted by molar-refractivity contribution is -0.162. The Morgan fingerprint density at radius 3 is 2.54 bits per heavy atom. The third kappa shape index (κ3) is 2.10. The minimum atomic E-state index is -0.713. The van der Waals surface area contributed by atoms with E-state index in [9.17, 15) is 14.4 Å². The first-order valence-corrected chi connectivity index (χ1v) is 10.8. The van der Waals surface area contributed by atoms with E-state index >= 15 is 0 Å². The van der Waals surface area contributed by atoms with Gasteiger partial charge in [-0.15, -0.1) is 0 Å². The zero-order valence-electron chi connectivity index (χ0n) is 17.0. The van der Waals surface area contributed by atoms with E-state index in [1.54, 1.807) is 0 Å². The van der Waals surface area contributed by atoms with Crippen LogP contribution < -0.4 is 5.73 Å². The Morgan fingerprint density at radius 2 is 1.86 bits per heavy atom. The number of primary amides is 1. The molecule has 0 aromatic rings. The first kappa shape index (κ1) is 18.6. The summed E-state index contributed by atoms with van der Waals surface area (Å²) in [7, 11) is 0. The molecule has 4 unspecified atom stereocenters. The summed E-state index contributed by atoms with van der Waals surface area (Å²) in [6.07, 6.45) is 6.11. The van der Waals surface area contributed by atoms with Crippen LogP contribution in [0.3, 0.4) is 0 Å². The molecule has 1 amide bonds. The average Bonchev–Trinajstić information content (AvgIpc) is 3.28. The Hall–Kier alpha value is -1.43. The lowest BCUT2D eigenvalue weighted by Crippen LogP contribution is -2.61. The van der Waals surface area contributed by atoms with E-state index in [4.69, 9.17) is 15.2 Å². The van der Waals surface area contributed by atoms with Gasteiger partial charge in [-0.2, -0.15) is 0 Å². The van der Waals surface area contributed by atoms with Crippen LogP contribution in [0.4, 0.5) is 0 Å². The van der Waals surface area contributed by atoms with Gasteiger partial charge in [-0.05, 0) is 62.7 Å². The Kier molecular flexibility index (Phi) is 3.71. The van der Waals surface area contributed by atoms with Gasteiger partial charge >= 0.3 is 5.97 Å². The first-order valence-electron chi connectivity index (χ1n) is 10.8. The average molecular weight is 389 g/mol. The lowest BCUT2D eigenvalue weighted by atomic mass is 9.44. The SMILES string of the molecule is CC(=O)O[C@H]1CCC2C3CC[C@@]45O[C@@H]4C(=O)C(C(N)=O)C[C@]5(C)C3CC[C@@]21C. The number of esters is 1. The van der Waals surface area contributed by atoms with Gasteiger partial charge in [0.05, 0.1) is 5.92 Å². The molecule has 9 atom stereocenters. The number of epoxide rings is 1. The second-order valence-electron chi connectivity index (χ2n) is 10.5. The summed E-state index contributed by atoms with van der Waals surface area (Å²) in [6.45, 7) is 6.04. The molecular formula is C22H31NO5. The van der Waals surface area contributed by atoms with Crippen molar-refractivity contribution in [2.24, 2.45) is 40.2 Å². The Labute approximate surface area is 165 Å². The van der Waals surface area contributed by atoms with Crippen LogP contribution in [0.15, 0.2) is 0 Å². The molecule has 1 aliphatic heterocycles. The van der Waals surface area contributed by atoms with Crippen molar-refractivity contribution in [2.75, 3.05) is 0 Å². The van der Waals surface area contributed by atoms with Crippen LogP contribution in [0.5, 0.6) is 0 Å². The van der Waals surface area contributed by atoms with Crippen molar-refractivity contribution in [1.29, 1.82) is 0 Å². The predicted octanol–water partition coefficient (Wildman–Crippen LogP) is 2.37. The van der Waals surface area contributed by atoms with Crippen LogP contribution in [0.2, 0.25) is 0 Å². The van der Waals surface area contributed by atoms with Crippen molar-refractivity contribution in [3.63, 3.8) is 0 Å². The summed E-state index contributed by atoms with van der Waals surface area (Å²) in [5.41, 5.74) is 5.06. The molecule has 6 nitrogen and oxygen atoms in total. The van der Waals surface area contributed by atoms with Gasteiger partial charge in [-0.3, -0.25) is 14.4 Å². The smallest absolute Gasteiger partial charge is 0.302 e. The zero-order chi connectivity index (χ0) is 20.1. The summed E-state index contributed by atoms with van der Waals surface area (Å²) in [5.74, 6) is -0.0276. The molecule has 0 aromatic heterocycles. The zero-order valence-corrected chi connectivity index (χ0v) is 17.0. The fourth-order valence-electron chi connectivity index (χ4n) is 8.17. The number of ketones is 1. The van der Waals surface area contributed by atoms with Crippen molar-refractivity contribution < 1.29 is 23.9 Å². The normalized spacial score (nSPS) is 54.0. The maximum atomic E-state index is 12.7. The van der Waals surface area contributed by atoms with Crippen molar-refractivity contribution in [3.05, 3.63) is 0 Å². The Balaban J connectivity index is 1.46. The topological polar surface area (TPSA) is 99.0 Å². The number of ether oxygens (including phenoxy) is 2. The van der Waals surface area contributed by atoms with E-state index in [0.29, 0.717) is 24.2 Å². The van der Waals surface area contributed by atoms with Crippen molar-refractivity contribution in [3.8, 4) is 0 Å². The number of Topliss-reactive ketones (excluding diaryl/α,β-unsaturated/α-hetero) is 1. The Morgan fingerprint density at radius 1 is 1.11 bits per heavy atom. The second kappa shape index (κ2) is 5.59. The molecule has 1 saturated heterocycles. The van der Waals surface area contributed by atoms with Crippen LogP contribution in [0, 0.1) is 34.5 Å². The van der Waals surface area contributed by atoms with Crippen LogP contribution in [0.25, 0.3) is 0 Å². The summed E-state index contributed by atoms with van der Waals surface area (Å²) in [4.78, 5) is 36.2. The maximum Gasteiger partial charge on any atom is 0.302 e. The molecule has 1 spiro atoms. The summed E-state index contributed by atoms with van der Waals surface area (Å²) >= 11 is 0. The first-order chi connectivity index (χ1) is 13.1. The number of amides is 1. The number of carbonyl (C=O) groups is 3. The molecule has 5 rings (SSSR count). The number of rotatable bonds is 2. The number of nitrogens with two attached hydrogens (primary N) is 1. The molecule has 1 heterocycles. The fourth-order valence-corrected chi connectivity index (χ4v) is 8.17. The lowest BCUT2D eigenvalue weighted by Gasteiger charge is -2.59. The van der Waals surface area contributed by atoms with Crippen LogP contribution >= 0.6 is 0 Å². The van der Waals surface area contributed by atoms with Gasteiger partial charge in [0, 0.05) is 17.8 Å². The van der Waals surface area contributed by atoms with Gasteiger partial charge in [-0.1, -0.05) is 13.8 Å². The summed E-state index contributed by atoms with van der Waals surface area (Å²) in [5, 5.41) is 0. The maximum absolute atomic E-state index is 12.7. The van der Waals surface area contributed by atoms with Gasteiger partial charge in [-0.25, -0.2) is 0 Å². The second-order valence-corrected chi connectivity index (χ2v) is 10.5. The molecule has 5 aliphatic rings. The third-order valence-corrected chi connectivity index (χ3v) is 9.56. The standard InChI is InChI=1S/C22H31NO5/c1-11(24)27-16-5-4-14-12-6-9-22-18(28-22)17(25)13(19(23)26)10-21(22,3)15(12)7-8-20(14,16)2/h12-16,18H,4-10H2,1-3H3,(H2,23,26)/t12?,13?,14?,15?,16-,18+,20-,21+,22+/m0/s1. The molecule has 5 fully saturated rings. The summed E-state index contributed by atoms with van der Waals surface area (Å²) < 4.78 is 11.8. The van der Waals surface area contributed by atoms with Gasteiger partial charge in [0.2, 0.25) is 5.91 Å². The number of fused-ring (bicyclic) bond motifs is 4. The minimum Gasteiger partial charge on any atom is -0.462 e. The van der Waals surface area contributed by atoms with Gasteiger partial charge in [0.1, 0.15) is 17.8 Å². The van der Waals surface area contributed by atoms with Crippen LogP contribution in [0.1, 0.15) is 65.7 Å². The molecule has 154 valence electrons. The molecule has 0 radical (unpaired) electrons. The quantitative estimate of drug-likeness (QED) is 0.444. The highest BCUT2D eigenvalue weighted by Gasteiger charge is 2.78. The van der Waals surface area contributed by atoms with Gasteiger partial charge in [0.25, 0.3) is 0 Å². The van der Waals surface area contributed by atoms with E-state index in [1.165, 1.54) is 6.92 Å². The summed E-state index contributed by atoms with van der Waals surface area (Å²) in [6, 6.07) is 0. The highest BCUT2D eigenvalue weighted by Crippen LogP contribution is 2.72. The Bertz CT molecular complexity index is 766. The number of carbonyl (C=O) groups excluding carboxylic acids is 3. The van der Waals surface area contributed by atoms with Gasteiger partial charge in [0.15, 0.2) is 5.78 Å². The highest BCUT2D eigenvalue weighted by molar-refractivity contribution is 6.05. The molecule has 0 aromatic carbocycles. The number of hydrogen-bond acceptors (Lipinski definition) is 5. The van der Waals surface area contributed by atoms with E-state index in [1.807, 2.05) is 0 Å². The largest absolute Gasteiger partial charge is 0.462 e. The highest BCUT2D eigenvalue weighted by atomic mass is 16.6. The predicted molar refractivity (Wildman–Crippen MR) is 99.9 cm³/mol. The molecular weight excluding hydrogens is 358 g/mol. The molecule has 0 bridgehead atoms. The minimum absolute atomic E-state index is 0.0101. The molecule has 6 heteroatoms. The monoisotopic (exact) mass is 389 g/mol. The van der Waals surface area contributed by atoms with Gasteiger partial charge < -0.3 is 15.2 Å². The van der Waals surface area contributed by atoms with Crippen molar-refractivity contribution in [1.82, 2.24) is 0 Å². The molecule has 4 saturated carbocycles. The van der Waals surface area contributed by atoms with E-state index in [0.717, 1.165) is 38.5 Å². The third-order valence-electron chi connectivity index (χ3n) is 9.56. The molecule has 4 aliphatic carbocycles. The number of hydrogen-bond donors (Lipinski definition) is 1. The molecule has 28 heavy (non-hydrogen) atoms. The van der Waals surface area contributed by atoms with E-state index in [-0.39, 0.29) is 34.3 Å². The van der Waals surface area contributed by atoms with E-state index < -0.39 is 17.9 Å². The van der Waals surface area contributed by atoms with E-state index in [2.05, 4.69) is 13.8 Å². The van der Waals surface area contributed by atoms with Crippen LogP contribution in [-0.2, 0) is 23.9 Å². The molecule has 2 N–H and O–H groups in total. The van der Waals surface area contributed by atoms with Crippen molar-refractivity contribution >= 4 is 17.7 Å². The van der Waals surface area contributed by atoms with Crippen LogP contribution in [-0.4, -0.2) is 35.5 Å². The van der Waals surface area contributed by atoms with Crippen molar-refractivity contribution in [2.45, 2.75) is 83.5 Å². The fraction of sp³-hybridized carbons (Fsp3) is 0.864.